The molecule has 8 nitrogen and oxygen atoms in total. The summed E-state index contributed by atoms with van der Waals surface area (Å²) in [6.45, 7) is 3.08. The topological polar surface area (TPSA) is 100 Å². The number of hydrogen-bond acceptors (Lipinski definition) is 4. The van der Waals surface area contributed by atoms with Crippen molar-refractivity contribution >= 4 is 22.9 Å². The first-order valence-electron chi connectivity index (χ1n) is 10.3. The molecule has 4 aromatic rings. The van der Waals surface area contributed by atoms with Gasteiger partial charge in [0.15, 0.2) is 0 Å². The minimum absolute atomic E-state index is 0. The van der Waals surface area contributed by atoms with Crippen molar-refractivity contribution in [1.82, 2.24) is 19.4 Å². The first-order chi connectivity index (χ1) is 15.4. The number of carboxylic acid groups (broad SMARTS) is 1. The Kier molecular flexibility index (Phi) is 6.07. The molecule has 1 amide bonds. The van der Waals surface area contributed by atoms with Crippen LogP contribution in [0, 0.1) is 6.92 Å². The van der Waals surface area contributed by atoms with Gasteiger partial charge in [0.25, 0.3) is 5.91 Å². The number of aromatic nitrogens is 3. The van der Waals surface area contributed by atoms with Crippen molar-refractivity contribution in [3.05, 3.63) is 71.3 Å². The number of hydrogen-bond donors (Lipinski definition) is 2. The van der Waals surface area contributed by atoms with Crippen LogP contribution in [0.25, 0.3) is 22.2 Å². The average Bonchev–Trinajstić information content (AvgIpc) is 3.26. The largest absolute Gasteiger partial charge is 1.00 e. The van der Waals surface area contributed by atoms with Crippen molar-refractivity contribution in [3.8, 4) is 16.9 Å². The zero-order valence-electron chi connectivity index (χ0n) is 19.8. The number of H-pyrrole nitrogens is 1. The second-order valence-electron chi connectivity index (χ2n) is 7.92. The second kappa shape index (κ2) is 8.81. The Balaban J connectivity index is 0.00000162. The molecule has 2 N–H and O–H groups in total. The Bertz CT molecular complexity index is 1380. The third-order valence-corrected chi connectivity index (χ3v) is 5.82. The van der Waals surface area contributed by atoms with E-state index in [-0.39, 0.29) is 31.9 Å². The van der Waals surface area contributed by atoms with E-state index in [9.17, 15) is 14.7 Å². The minimum atomic E-state index is -1.06. The molecule has 0 atom stereocenters. The van der Waals surface area contributed by atoms with E-state index in [1.54, 1.807) is 18.0 Å². The normalized spacial score (nSPS) is 13.1. The van der Waals surface area contributed by atoms with Crippen LogP contribution in [-0.2, 0) is 13.6 Å². The Hall–Kier alpha value is -3.47. The van der Waals surface area contributed by atoms with Gasteiger partial charge >= 0.3 is 24.8 Å². The summed E-state index contributed by atoms with van der Waals surface area (Å²) in [6.07, 6.45) is 0. The first kappa shape index (κ1) is 22.7. The first-order valence-corrected chi connectivity index (χ1v) is 10.3. The number of fused-ring (bicyclic) bond motifs is 2. The number of benzene rings is 2. The fraction of sp³-hybridized carbons (Fsp3) is 0.208. The van der Waals surface area contributed by atoms with Crippen LogP contribution in [0.2, 0.25) is 0 Å². The molecule has 0 bridgehead atoms. The van der Waals surface area contributed by atoms with Crippen molar-refractivity contribution in [2.24, 2.45) is 7.05 Å². The Morgan fingerprint density at radius 1 is 1.09 bits per heavy atom. The number of ether oxygens (including phenoxy) is 1. The Morgan fingerprint density at radius 3 is 2.58 bits per heavy atom. The van der Waals surface area contributed by atoms with Gasteiger partial charge in [-0.15, -0.1) is 0 Å². The van der Waals surface area contributed by atoms with E-state index in [2.05, 4.69) is 16.0 Å². The number of carboxylic acids is 1. The number of amides is 1. The average molecular weight is 438 g/mol. The van der Waals surface area contributed by atoms with Crippen LogP contribution >= 0.6 is 0 Å². The van der Waals surface area contributed by atoms with Crippen molar-refractivity contribution in [1.29, 1.82) is 0 Å². The molecule has 0 saturated carbocycles. The standard InChI is InChI=1S/C24H22N4O4.Li.H/c1-14-25-18-5-3-16(12-19(18)26-14)15-4-8-22-17(11-15)13-28(9-10-32-22)23(29)20-6-7-21(24(30)31)27(20)2;;/h3-8,11-12H,9-10,13H2,1-2H3,(H,25,26)(H,30,31);;/q;+1;-1. The van der Waals surface area contributed by atoms with E-state index in [0.717, 1.165) is 39.3 Å². The van der Waals surface area contributed by atoms with Crippen LogP contribution in [0.1, 0.15) is 33.8 Å². The van der Waals surface area contributed by atoms with E-state index in [0.29, 0.717) is 25.4 Å². The molecule has 0 radical (unpaired) electrons. The van der Waals surface area contributed by atoms with Crippen LogP contribution in [0.15, 0.2) is 48.5 Å². The van der Waals surface area contributed by atoms with Crippen LogP contribution in [-0.4, -0.2) is 49.6 Å². The molecule has 0 aliphatic carbocycles. The molecule has 2 aromatic carbocycles. The molecule has 0 saturated heterocycles. The number of aromatic amines is 1. The van der Waals surface area contributed by atoms with Gasteiger partial charge in [-0.1, -0.05) is 12.1 Å². The van der Waals surface area contributed by atoms with E-state index >= 15 is 0 Å². The maximum absolute atomic E-state index is 13.2. The summed E-state index contributed by atoms with van der Waals surface area (Å²) >= 11 is 0. The van der Waals surface area contributed by atoms with Gasteiger partial charge in [0.05, 0.1) is 17.6 Å². The number of nitrogens with zero attached hydrogens (tertiary/aromatic N) is 3. The predicted molar refractivity (Wildman–Crippen MR) is 120 cm³/mol. The van der Waals surface area contributed by atoms with Crippen LogP contribution in [0.5, 0.6) is 5.75 Å². The third kappa shape index (κ3) is 4.15. The molecule has 0 unspecified atom stereocenters. The monoisotopic (exact) mass is 438 g/mol. The number of aromatic carboxylic acids is 1. The molecule has 33 heavy (non-hydrogen) atoms. The molecule has 5 rings (SSSR count). The van der Waals surface area contributed by atoms with Crippen molar-refractivity contribution in [3.63, 3.8) is 0 Å². The quantitative estimate of drug-likeness (QED) is 0.460. The SMILES string of the molecule is Cc1nc2ccc(-c3ccc4c(c3)CN(C(=O)c3ccc(C(=O)O)n3C)CCO4)cc2[nH]1.[H-].[Li+]. The van der Waals surface area contributed by atoms with E-state index < -0.39 is 5.97 Å². The molecule has 3 heterocycles. The van der Waals surface area contributed by atoms with Crippen LogP contribution < -0.4 is 23.6 Å². The summed E-state index contributed by atoms with van der Waals surface area (Å²) in [5.41, 5.74) is 5.27. The molecular weight excluding hydrogens is 415 g/mol. The van der Waals surface area contributed by atoms with Gasteiger partial charge in [-0.25, -0.2) is 9.78 Å². The maximum Gasteiger partial charge on any atom is 1.00 e. The fourth-order valence-corrected chi connectivity index (χ4v) is 4.17. The van der Waals surface area contributed by atoms with Gasteiger partial charge in [-0.05, 0) is 54.4 Å². The molecule has 1 aliphatic rings. The molecule has 0 spiro atoms. The Morgan fingerprint density at radius 2 is 1.82 bits per heavy atom. The predicted octanol–water partition coefficient (Wildman–Crippen LogP) is 0.726. The van der Waals surface area contributed by atoms with Gasteiger partial charge in [0.1, 0.15) is 29.6 Å². The summed E-state index contributed by atoms with van der Waals surface area (Å²) in [4.78, 5) is 33.9. The van der Waals surface area contributed by atoms with Gasteiger partial charge in [-0.2, -0.15) is 0 Å². The zero-order valence-corrected chi connectivity index (χ0v) is 18.8. The third-order valence-electron chi connectivity index (χ3n) is 5.82. The van der Waals surface area contributed by atoms with E-state index in [1.807, 2.05) is 37.3 Å². The summed E-state index contributed by atoms with van der Waals surface area (Å²) in [5.74, 6) is 0.329. The van der Waals surface area contributed by atoms with Crippen LogP contribution in [0.3, 0.4) is 0 Å². The number of carbonyl (C=O) groups is 2. The molecule has 0 fully saturated rings. The Labute approximate surface area is 203 Å². The number of carbonyl (C=O) groups excluding carboxylic acids is 1. The number of aryl methyl sites for hydroxylation is 1. The van der Waals surface area contributed by atoms with Gasteiger partial charge in [0.2, 0.25) is 0 Å². The van der Waals surface area contributed by atoms with Crippen LogP contribution in [0.4, 0.5) is 0 Å². The van der Waals surface area contributed by atoms with E-state index in [4.69, 9.17) is 4.74 Å². The second-order valence-corrected chi connectivity index (χ2v) is 7.92. The van der Waals surface area contributed by atoms with Gasteiger partial charge in [-0.3, -0.25) is 4.79 Å². The molecule has 1 aliphatic heterocycles. The summed E-state index contributed by atoms with van der Waals surface area (Å²) < 4.78 is 7.30. The van der Waals surface area contributed by atoms with Gasteiger partial charge < -0.3 is 25.7 Å². The summed E-state index contributed by atoms with van der Waals surface area (Å²) in [5, 5.41) is 9.28. The van der Waals surface area contributed by atoms with Crippen molar-refractivity contribution in [2.75, 3.05) is 13.2 Å². The zero-order chi connectivity index (χ0) is 22.4. The number of rotatable bonds is 3. The molecule has 164 valence electrons. The molecule has 9 heteroatoms. The smallest absolute Gasteiger partial charge is 1.00 e. The summed E-state index contributed by atoms with van der Waals surface area (Å²) in [6, 6.07) is 15.1. The number of nitrogens with one attached hydrogen (secondary N) is 1. The van der Waals surface area contributed by atoms with Crippen molar-refractivity contribution in [2.45, 2.75) is 13.5 Å². The summed E-state index contributed by atoms with van der Waals surface area (Å²) in [7, 11) is 1.59. The molecular formula is C24H23LiN4O4. The fourth-order valence-electron chi connectivity index (χ4n) is 4.17. The van der Waals surface area contributed by atoms with E-state index in [1.165, 1.54) is 10.6 Å². The molecule has 2 aromatic heterocycles. The maximum atomic E-state index is 13.2. The van der Waals surface area contributed by atoms with Crippen molar-refractivity contribution < 1.29 is 39.7 Å². The minimum Gasteiger partial charge on any atom is -1.00 e. The van der Waals surface area contributed by atoms with Gasteiger partial charge in [0, 0.05) is 19.2 Å². The number of imidazole rings is 1.